The highest BCUT2D eigenvalue weighted by Gasteiger charge is 2.39. The smallest absolute Gasteiger partial charge is 0.338 e. The van der Waals surface area contributed by atoms with Crippen LogP contribution >= 0.6 is 0 Å². The summed E-state index contributed by atoms with van der Waals surface area (Å²) in [5, 5.41) is 0. The lowest BCUT2D eigenvalue weighted by Gasteiger charge is -2.15. The van der Waals surface area contributed by atoms with E-state index in [9.17, 15) is 19.2 Å². The summed E-state index contributed by atoms with van der Waals surface area (Å²) in [6.07, 6.45) is 28.4. The molecule has 0 saturated carbocycles. The fourth-order valence-electron chi connectivity index (χ4n) is 6.08. The molecular weight excluding hydrogens is 584 g/mol. The molecule has 0 amide bonds. The molecule has 1 saturated heterocycles. The van der Waals surface area contributed by atoms with Gasteiger partial charge in [-0.1, -0.05) is 149 Å². The van der Waals surface area contributed by atoms with Crippen molar-refractivity contribution in [2.75, 3.05) is 0 Å². The molecule has 0 radical (unpaired) electrons. The molecule has 0 aliphatic carbocycles. The van der Waals surface area contributed by atoms with E-state index in [0.29, 0.717) is 24.3 Å². The standard InChI is InChI=1S/2C19H32O4/c2*1-3-4-5-6-7-8-9-10-11-12-13-14-17-18(22-15-20)16(2)19(21)23-17/h15,17H,3-14H2,1-2H3;15,17-18H,2-14H2,1H3/t17-;17-,18+/m11/s1. The van der Waals surface area contributed by atoms with E-state index in [0.717, 1.165) is 38.5 Å². The molecule has 8 nitrogen and oxygen atoms in total. The lowest BCUT2D eigenvalue weighted by Crippen LogP contribution is -2.25. The summed E-state index contributed by atoms with van der Waals surface area (Å²) in [7, 11) is 0. The van der Waals surface area contributed by atoms with E-state index in [4.69, 9.17) is 18.9 Å². The minimum absolute atomic E-state index is 0.255. The second-order valence-corrected chi connectivity index (χ2v) is 12.9. The Balaban J connectivity index is 0.000000460. The molecule has 3 atom stereocenters. The van der Waals surface area contributed by atoms with E-state index in [2.05, 4.69) is 20.4 Å². The van der Waals surface area contributed by atoms with Gasteiger partial charge >= 0.3 is 11.9 Å². The van der Waals surface area contributed by atoms with E-state index in [-0.39, 0.29) is 23.8 Å². The second-order valence-electron chi connectivity index (χ2n) is 12.9. The zero-order valence-corrected chi connectivity index (χ0v) is 29.3. The minimum atomic E-state index is -0.594. The number of cyclic esters (lactones) is 2. The highest BCUT2D eigenvalue weighted by molar-refractivity contribution is 5.92. The SMILES string of the molecule is C=C1C(=O)O[C@H](CCCCCCCCCCCCC)[C@H]1OC=O.CCCCCCCCCCCCC[C@H]1OC(=O)C(C)=C1OC=O. The Morgan fingerprint density at radius 3 is 1.48 bits per heavy atom. The first-order valence-corrected chi connectivity index (χ1v) is 18.4. The van der Waals surface area contributed by atoms with Crippen molar-refractivity contribution in [3.8, 4) is 0 Å². The fraction of sp³-hybridized carbons (Fsp3) is 0.789. The maximum atomic E-state index is 11.5. The quantitative estimate of drug-likeness (QED) is 0.0271. The van der Waals surface area contributed by atoms with E-state index >= 15 is 0 Å². The lowest BCUT2D eigenvalue weighted by atomic mass is 10.0. The molecular formula is C38H64O8. The highest BCUT2D eigenvalue weighted by atomic mass is 16.6. The third kappa shape index (κ3) is 17.9. The van der Waals surface area contributed by atoms with Crippen molar-refractivity contribution in [3.63, 3.8) is 0 Å². The van der Waals surface area contributed by atoms with Gasteiger partial charge in [-0.25, -0.2) is 9.59 Å². The number of rotatable bonds is 28. The molecule has 0 N–H and O–H groups in total. The van der Waals surface area contributed by atoms with Crippen LogP contribution in [0.2, 0.25) is 0 Å². The zero-order valence-electron chi connectivity index (χ0n) is 29.3. The van der Waals surface area contributed by atoms with Gasteiger partial charge in [0.05, 0.1) is 11.1 Å². The van der Waals surface area contributed by atoms with Crippen LogP contribution < -0.4 is 0 Å². The summed E-state index contributed by atoms with van der Waals surface area (Å²) in [5.41, 5.74) is 0.676. The van der Waals surface area contributed by atoms with Crippen molar-refractivity contribution in [2.45, 2.75) is 193 Å². The summed E-state index contributed by atoms with van der Waals surface area (Å²) in [6, 6.07) is 0. The molecule has 0 aromatic carbocycles. The lowest BCUT2D eigenvalue weighted by molar-refractivity contribution is -0.143. The number of unbranched alkanes of at least 4 members (excludes halogenated alkanes) is 20. The maximum Gasteiger partial charge on any atom is 0.338 e. The number of hydrogen-bond acceptors (Lipinski definition) is 8. The monoisotopic (exact) mass is 648 g/mol. The molecule has 264 valence electrons. The summed E-state index contributed by atoms with van der Waals surface area (Å²) in [6.45, 7) is 10.5. The van der Waals surface area contributed by atoms with Crippen molar-refractivity contribution < 1.29 is 38.1 Å². The van der Waals surface area contributed by atoms with Gasteiger partial charge in [0.15, 0.2) is 18.0 Å². The molecule has 1 fully saturated rings. The number of ether oxygens (including phenoxy) is 4. The minimum Gasteiger partial charge on any atom is -0.455 e. The van der Waals surface area contributed by atoms with Crippen LogP contribution in [0, 0.1) is 0 Å². The molecule has 0 aromatic heterocycles. The Morgan fingerprint density at radius 1 is 0.609 bits per heavy atom. The average Bonchev–Trinajstić information content (AvgIpc) is 3.47. The van der Waals surface area contributed by atoms with Crippen LogP contribution in [0.3, 0.4) is 0 Å². The van der Waals surface area contributed by atoms with Crippen molar-refractivity contribution >= 4 is 24.9 Å². The molecule has 46 heavy (non-hydrogen) atoms. The van der Waals surface area contributed by atoms with Crippen LogP contribution in [-0.2, 0) is 38.1 Å². The van der Waals surface area contributed by atoms with Crippen molar-refractivity contribution in [2.24, 2.45) is 0 Å². The van der Waals surface area contributed by atoms with E-state index in [1.807, 2.05) is 0 Å². The second kappa shape index (κ2) is 27.5. The third-order valence-electron chi connectivity index (χ3n) is 8.96. The van der Waals surface area contributed by atoms with Gasteiger partial charge in [0.2, 0.25) is 0 Å². The zero-order chi connectivity index (χ0) is 33.8. The van der Waals surface area contributed by atoms with Gasteiger partial charge in [-0.05, 0) is 32.6 Å². The van der Waals surface area contributed by atoms with Gasteiger partial charge in [0.1, 0.15) is 6.10 Å². The summed E-state index contributed by atoms with van der Waals surface area (Å²) < 4.78 is 20.3. The van der Waals surface area contributed by atoms with Crippen LogP contribution in [0.25, 0.3) is 0 Å². The van der Waals surface area contributed by atoms with Gasteiger partial charge in [0, 0.05) is 0 Å². The number of carbonyl (C=O) groups is 4. The molecule has 0 spiro atoms. The van der Waals surface area contributed by atoms with Gasteiger partial charge in [-0.3, -0.25) is 9.59 Å². The topological polar surface area (TPSA) is 105 Å². The number of hydrogen-bond donors (Lipinski definition) is 0. The van der Waals surface area contributed by atoms with Crippen LogP contribution in [-0.4, -0.2) is 43.2 Å². The van der Waals surface area contributed by atoms with Crippen LogP contribution in [0.4, 0.5) is 0 Å². The molecule has 0 unspecified atom stereocenters. The first-order valence-electron chi connectivity index (χ1n) is 18.4. The summed E-state index contributed by atoms with van der Waals surface area (Å²) in [4.78, 5) is 43.9. The Morgan fingerprint density at radius 2 is 1.04 bits per heavy atom. The molecule has 0 aromatic rings. The van der Waals surface area contributed by atoms with E-state index < -0.39 is 12.1 Å². The van der Waals surface area contributed by atoms with Crippen molar-refractivity contribution in [1.82, 2.24) is 0 Å². The Kier molecular flexibility index (Phi) is 24.7. The molecule has 8 heteroatoms. The van der Waals surface area contributed by atoms with Gasteiger partial charge in [0.25, 0.3) is 12.9 Å². The van der Waals surface area contributed by atoms with Crippen molar-refractivity contribution in [3.05, 3.63) is 23.5 Å². The van der Waals surface area contributed by atoms with Crippen LogP contribution in [0.1, 0.15) is 175 Å². The van der Waals surface area contributed by atoms with Crippen LogP contribution in [0.5, 0.6) is 0 Å². The molecule has 0 bridgehead atoms. The average molecular weight is 649 g/mol. The highest BCUT2D eigenvalue weighted by Crippen LogP contribution is 2.28. The Labute approximate surface area is 279 Å². The Hall–Kier alpha value is -2.64. The molecule has 2 heterocycles. The van der Waals surface area contributed by atoms with Gasteiger partial charge in [-0.15, -0.1) is 0 Å². The number of esters is 2. The molecule has 2 rings (SSSR count). The normalized spacial score (nSPS) is 19.0. The molecule has 2 aliphatic heterocycles. The summed E-state index contributed by atoms with van der Waals surface area (Å²) >= 11 is 0. The first-order chi connectivity index (χ1) is 22.4. The first kappa shape index (κ1) is 41.4. The molecule has 2 aliphatic rings. The van der Waals surface area contributed by atoms with Crippen LogP contribution in [0.15, 0.2) is 23.5 Å². The predicted molar refractivity (Wildman–Crippen MR) is 182 cm³/mol. The van der Waals surface area contributed by atoms with Gasteiger partial charge in [-0.2, -0.15) is 0 Å². The maximum absolute atomic E-state index is 11.5. The third-order valence-corrected chi connectivity index (χ3v) is 8.96. The van der Waals surface area contributed by atoms with E-state index in [1.165, 1.54) is 116 Å². The van der Waals surface area contributed by atoms with Gasteiger partial charge < -0.3 is 18.9 Å². The van der Waals surface area contributed by atoms with E-state index in [1.54, 1.807) is 6.92 Å². The summed E-state index contributed by atoms with van der Waals surface area (Å²) in [5.74, 6) is -0.406. The predicted octanol–water partition coefficient (Wildman–Crippen LogP) is 9.77. The van der Waals surface area contributed by atoms with Crippen molar-refractivity contribution in [1.29, 1.82) is 0 Å². The fourth-order valence-corrected chi connectivity index (χ4v) is 6.08. The largest absolute Gasteiger partial charge is 0.455 e. The number of carbonyl (C=O) groups excluding carboxylic acids is 4. The Bertz CT molecular complexity index is 895.